The fourth-order valence-electron chi connectivity index (χ4n) is 4.08. The van der Waals surface area contributed by atoms with E-state index in [1.807, 2.05) is 30.3 Å². The van der Waals surface area contributed by atoms with Gasteiger partial charge < -0.3 is 10.1 Å². The molecule has 25 heavy (non-hydrogen) atoms. The minimum atomic E-state index is 0.125. The molecule has 138 valence electrons. The second kappa shape index (κ2) is 8.79. The topological polar surface area (TPSA) is 44.8 Å². The highest BCUT2D eigenvalue weighted by molar-refractivity contribution is 5.78. The van der Waals surface area contributed by atoms with Crippen molar-refractivity contribution in [3.8, 4) is 0 Å². The Labute approximate surface area is 151 Å². The highest BCUT2D eigenvalue weighted by Crippen LogP contribution is 2.20. The van der Waals surface area contributed by atoms with Crippen LogP contribution in [0.4, 0.5) is 0 Å². The Kier molecular flexibility index (Phi) is 6.45. The van der Waals surface area contributed by atoms with Gasteiger partial charge in [0, 0.05) is 32.2 Å². The van der Waals surface area contributed by atoms with Crippen molar-refractivity contribution < 1.29 is 9.53 Å². The van der Waals surface area contributed by atoms with Gasteiger partial charge in [0.1, 0.15) is 0 Å². The zero-order chi connectivity index (χ0) is 17.6. The molecule has 0 radical (unpaired) electrons. The molecule has 0 saturated carbocycles. The highest BCUT2D eigenvalue weighted by Gasteiger charge is 2.30. The first-order valence-corrected chi connectivity index (χ1v) is 9.52. The van der Waals surface area contributed by atoms with E-state index in [0.29, 0.717) is 31.3 Å². The van der Waals surface area contributed by atoms with Gasteiger partial charge in [0.2, 0.25) is 5.91 Å². The molecule has 2 aliphatic rings. The average molecular weight is 345 g/mol. The molecule has 2 aliphatic heterocycles. The van der Waals surface area contributed by atoms with Crippen LogP contribution in [0.5, 0.6) is 0 Å². The summed E-state index contributed by atoms with van der Waals surface area (Å²) in [6.07, 6.45) is 2.97. The summed E-state index contributed by atoms with van der Waals surface area (Å²) in [4.78, 5) is 17.2. The van der Waals surface area contributed by atoms with E-state index in [1.165, 1.54) is 12.8 Å². The molecule has 1 N–H and O–H groups in total. The van der Waals surface area contributed by atoms with Gasteiger partial charge in [0.15, 0.2) is 0 Å². The number of benzene rings is 1. The molecule has 0 aliphatic carbocycles. The minimum Gasteiger partial charge on any atom is -0.373 e. The van der Waals surface area contributed by atoms with Gasteiger partial charge in [-0.1, -0.05) is 30.3 Å². The number of carbonyl (C=O) groups excluding carboxylic acids is 1. The summed E-state index contributed by atoms with van der Waals surface area (Å²) in [6.45, 7) is 9.47. The summed E-state index contributed by atoms with van der Waals surface area (Å²) in [6, 6.07) is 10.6. The van der Waals surface area contributed by atoms with E-state index in [9.17, 15) is 4.79 Å². The number of ether oxygens (including phenoxy) is 1. The van der Waals surface area contributed by atoms with Crippen LogP contribution in [0.15, 0.2) is 30.3 Å². The standard InChI is InChI=1S/C20H31N3O2/c1-16-12-22(13-17(2)25-16)14-19-9-6-10-23(19)15-20(24)21-11-18-7-4-3-5-8-18/h3-5,7-8,16-17,19H,6,9-15H2,1-2H3,(H,21,24)/t16-,17+,19-/m1/s1. The lowest BCUT2D eigenvalue weighted by Gasteiger charge is -2.38. The van der Waals surface area contributed by atoms with Crippen molar-refractivity contribution in [2.75, 3.05) is 32.7 Å². The molecule has 1 aromatic carbocycles. The lowest BCUT2D eigenvalue weighted by atomic mass is 10.1. The maximum absolute atomic E-state index is 12.3. The van der Waals surface area contributed by atoms with E-state index in [1.54, 1.807) is 0 Å². The van der Waals surface area contributed by atoms with Crippen LogP contribution in [0.1, 0.15) is 32.3 Å². The molecule has 0 unspecified atom stereocenters. The quantitative estimate of drug-likeness (QED) is 0.855. The van der Waals surface area contributed by atoms with E-state index in [2.05, 4.69) is 29.0 Å². The fourth-order valence-corrected chi connectivity index (χ4v) is 4.08. The number of hydrogen-bond donors (Lipinski definition) is 1. The molecule has 5 nitrogen and oxygen atoms in total. The number of nitrogens with zero attached hydrogens (tertiary/aromatic N) is 2. The molecule has 5 heteroatoms. The van der Waals surface area contributed by atoms with Crippen LogP contribution < -0.4 is 5.32 Å². The summed E-state index contributed by atoms with van der Waals surface area (Å²) in [5, 5.41) is 3.05. The van der Waals surface area contributed by atoms with Crippen LogP contribution in [0.2, 0.25) is 0 Å². The third kappa shape index (κ3) is 5.53. The van der Waals surface area contributed by atoms with Crippen molar-refractivity contribution in [3.05, 3.63) is 35.9 Å². The molecule has 3 atom stereocenters. The zero-order valence-electron chi connectivity index (χ0n) is 15.5. The smallest absolute Gasteiger partial charge is 0.234 e. The largest absolute Gasteiger partial charge is 0.373 e. The highest BCUT2D eigenvalue weighted by atomic mass is 16.5. The number of hydrogen-bond acceptors (Lipinski definition) is 4. The molecular formula is C20H31N3O2. The first-order chi connectivity index (χ1) is 12.1. The van der Waals surface area contributed by atoms with E-state index < -0.39 is 0 Å². The maximum Gasteiger partial charge on any atom is 0.234 e. The van der Waals surface area contributed by atoms with E-state index in [4.69, 9.17) is 4.74 Å². The summed E-state index contributed by atoms with van der Waals surface area (Å²) in [7, 11) is 0. The van der Waals surface area contributed by atoms with E-state index in [-0.39, 0.29) is 5.91 Å². The Morgan fingerprint density at radius 3 is 2.64 bits per heavy atom. The number of morpholine rings is 1. The summed E-state index contributed by atoms with van der Waals surface area (Å²) in [5.41, 5.74) is 1.14. The van der Waals surface area contributed by atoms with Gasteiger partial charge in [0.25, 0.3) is 0 Å². The Bertz CT molecular complexity index is 541. The molecule has 0 spiro atoms. The number of nitrogens with one attached hydrogen (secondary N) is 1. The van der Waals surface area contributed by atoms with Gasteiger partial charge in [-0.25, -0.2) is 0 Å². The summed E-state index contributed by atoms with van der Waals surface area (Å²) < 4.78 is 5.83. The van der Waals surface area contributed by atoms with Crippen molar-refractivity contribution in [1.29, 1.82) is 0 Å². The Hall–Kier alpha value is -1.43. The van der Waals surface area contributed by atoms with Crippen LogP contribution >= 0.6 is 0 Å². The molecule has 2 heterocycles. The molecule has 0 bridgehead atoms. The number of likely N-dealkylation sites (tertiary alicyclic amines) is 1. The lowest BCUT2D eigenvalue weighted by Crippen LogP contribution is -2.51. The monoisotopic (exact) mass is 345 g/mol. The van der Waals surface area contributed by atoms with Gasteiger partial charge in [0.05, 0.1) is 18.8 Å². The third-order valence-electron chi connectivity index (χ3n) is 5.14. The lowest BCUT2D eigenvalue weighted by molar-refractivity contribution is -0.123. The molecule has 2 fully saturated rings. The predicted molar refractivity (Wildman–Crippen MR) is 99.3 cm³/mol. The second-order valence-electron chi connectivity index (χ2n) is 7.50. The normalized spacial score (nSPS) is 28.2. The number of rotatable bonds is 6. The van der Waals surface area contributed by atoms with Crippen molar-refractivity contribution in [2.45, 2.75) is 51.5 Å². The van der Waals surface area contributed by atoms with Crippen molar-refractivity contribution in [2.24, 2.45) is 0 Å². The van der Waals surface area contributed by atoms with Crippen molar-refractivity contribution in [1.82, 2.24) is 15.1 Å². The Balaban J connectivity index is 1.45. The van der Waals surface area contributed by atoms with Crippen LogP contribution in [-0.2, 0) is 16.1 Å². The third-order valence-corrected chi connectivity index (χ3v) is 5.14. The molecule has 2 saturated heterocycles. The Morgan fingerprint density at radius 2 is 1.92 bits per heavy atom. The van der Waals surface area contributed by atoms with Gasteiger partial charge in [-0.15, -0.1) is 0 Å². The van der Waals surface area contributed by atoms with Gasteiger partial charge in [-0.2, -0.15) is 0 Å². The van der Waals surface area contributed by atoms with Gasteiger partial charge in [-0.3, -0.25) is 14.6 Å². The predicted octanol–water partition coefficient (Wildman–Crippen LogP) is 1.88. The summed E-state index contributed by atoms with van der Waals surface area (Å²) in [5.74, 6) is 0.125. The van der Waals surface area contributed by atoms with E-state index in [0.717, 1.165) is 31.7 Å². The van der Waals surface area contributed by atoms with E-state index >= 15 is 0 Å². The Morgan fingerprint density at radius 1 is 1.20 bits per heavy atom. The van der Waals surface area contributed by atoms with Crippen LogP contribution in [-0.4, -0.2) is 66.7 Å². The molecule has 0 aromatic heterocycles. The van der Waals surface area contributed by atoms with Crippen LogP contribution in [0, 0.1) is 0 Å². The SMILES string of the molecule is C[C@@H]1CN(C[C@H]2CCCN2CC(=O)NCc2ccccc2)C[C@H](C)O1. The van der Waals surface area contributed by atoms with Crippen molar-refractivity contribution >= 4 is 5.91 Å². The molecule has 1 amide bonds. The average Bonchev–Trinajstić information content (AvgIpc) is 3.00. The molecule has 3 rings (SSSR count). The number of amides is 1. The molecule has 1 aromatic rings. The number of carbonyl (C=O) groups is 1. The summed E-state index contributed by atoms with van der Waals surface area (Å²) >= 11 is 0. The first kappa shape index (κ1) is 18.4. The second-order valence-corrected chi connectivity index (χ2v) is 7.50. The van der Waals surface area contributed by atoms with Gasteiger partial charge >= 0.3 is 0 Å². The van der Waals surface area contributed by atoms with Crippen LogP contribution in [0.25, 0.3) is 0 Å². The zero-order valence-corrected chi connectivity index (χ0v) is 15.5. The molecular weight excluding hydrogens is 314 g/mol. The first-order valence-electron chi connectivity index (χ1n) is 9.52. The van der Waals surface area contributed by atoms with Crippen molar-refractivity contribution in [3.63, 3.8) is 0 Å². The fraction of sp³-hybridized carbons (Fsp3) is 0.650. The minimum absolute atomic E-state index is 0.125. The van der Waals surface area contributed by atoms with Crippen LogP contribution in [0.3, 0.4) is 0 Å². The van der Waals surface area contributed by atoms with Gasteiger partial charge in [-0.05, 0) is 38.8 Å². The maximum atomic E-state index is 12.3.